The Bertz CT molecular complexity index is 842. The molecule has 148 valence electrons. The van der Waals surface area contributed by atoms with Gasteiger partial charge in [0.1, 0.15) is 0 Å². The number of carbonyl (C=O) groups is 3. The van der Waals surface area contributed by atoms with Crippen LogP contribution in [0.25, 0.3) is 0 Å². The molecule has 0 radical (unpaired) electrons. The second-order valence-electron chi connectivity index (χ2n) is 5.29. The fourth-order valence-corrected chi connectivity index (χ4v) is 2.14. The Kier molecular flexibility index (Phi) is 7.44. The standard InChI is InChI=1S/C19H17F2NO6/c1-2-26-15-10-13(8-9-14(15)28-19(20)21)18(25)27-11-16(23)22-17(24)12-6-4-3-5-7-12/h3-10,19H,2,11H2,1H3,(H,22,23,24). The first-order valence-electron chi connectivity index (χ1n) is 8.18. The van der Waals surface area contributed by atoms with Gasteiger partial charge in [0, 0.05) is 5.56 Å². The van der Waals surface area contributed by atoms with Crippen LogP contribution in [0.3, 0.4) is 0 Å². The Labute approximate surface area is 159 Å². The number of rotatable bonds is 8. The van der Waals surface area contributed by atoms with Gasteiger partial charge in [-0.15, -0.1) is 0 Å². The van der Waals surface area contributed by atoms with Gasteiger partial charge in [0.15, 0.2) is 18.1 Å². The van der Waals surface area contributed by atoms with Crippen molar-refractivity contribution in [3.8, 4) is 11.5 Å². The molecule has 0 fully saturated rings. The van der Waals surface area contributed by atoms with Crippen molar-refractivity contribution < 1.29 is 37.4 Å². The molecular formula is C19H17F2NO6. The number of esters is 1. The van der Waals surface area contributed by atoms with E-state index in [-0.39, 0.29) is 29.2 Å². The Morgan fingerprint density at radius 1 is 1.00 bits per heavy atom. The topological polar surface area (TPSA) is 90.9 Å². The van der Waals surface area contributed by atoms with Gasteiger partial charge in [-0.3, -0.25) is 14.9 Å². The minimum absolute atomic E-state index is 0.0350. The Balaban J connectivity index is 1.95. The molecule has 1 N–H and O–H groups in total. The largest absolute Gasteiger partial charge is 0.490 e. The van der Waals surface area contributed by atoms with Gasteiger partial charge >= 0.3 is 12.6 Å². The number of hydrogen-bond acceptors (Lipinski definition) is 6. The number of alkyl halides is 2. The van der Waals surface area contributed by atoms with Gasteiger partial charge < -0.3 is 14.2 Å². The summed E-state index contributed by atoms with van der Waals surface area (Å²) in [6.07, 6.45) is 0. The fraction of sp³-hybridized carbons (Fsp3) is 0.211. The molecule has 0 spiro atoms. The summed E-state index contributed by atoms with van der Waals surface area (Å²) in [6, 6.07) is 11.5. The maximum absolute atomic E-state index is 12.4. The van der Waals surface area contributed by atoms with Gasteiger partial charge in [-0.1, -0.05) is 18.2 Å². The van der Waals surface area contributed by atoms with Crippen LogP contribution in [0.5, 0.6) is 11.5 Å². The van der Waals surface area contributed by atoms with E-state index in [0.717, 1.165) is 12.1 Å². The molecule has 28 heavy (non-hydrogen) atoms. The first-order chi connectivity index (χ1) is 13.4. The van der Waals surface area contributed by atoms with Crippen LogP contribution in [0, 0.1) is 0 Å². The van der Waals surface area contributed by atoms with Crippen LogP contribution in [0.15, 0.2) is 48.5 Å². The number of imide groups is 1. The second-order valence-corrected chi connectivity index (χ2v) is 5.29. The molecule has 0 aliphatic rings. The lowest BCUT2D eigenvalue weighted by Crippen LogP contribution is -2.34. The zero-order valence-electron chi connectivity index (χ0n) is 14.8. The van der Waals surface area contributed by atoms with Crippen molar-refractivity contribution >= 4 is 17.8 Å². The Morgan fingerprint density at radius 2 is 1.71 bits per heavy atom. The molecular weight excluding hydrogens is 376 g/mol. The first kappa shape index (κ1) is 20.8. The lowest BCUT2D eigenvalue weighted by molar-refractivity contribution is -0.123. The molecule has 9 heteroatoms. The number of carbonyl (C=O) groups excluding carboxylic acids is 3. The summed E-state index contributed by atoms with van der Waals surface area (Å²) in [5.41, 5.74) is 0.241. The van der Waals surface area contributed by atoms with Crippen molar-refractivity contribution in [2.45, 2.75) is 13.5 Å². The van der Waals surface area contributed by atoms with Gasteiger partial charge in [-0.25, -0.2) is 4.79 Å². The van der Waals surface area contributed by atoms with Crippen LogP contribution in [-0.2, 0) is 9.53 Å². The lowest BCUT2D eigenvalue weighted by Gasteiger charge is -2.12. The number of halogens is 2. The van der Waals surface area contributed by atoms with E-state index in [4.69, 9.17) is 9.47 Å². The van der Waals surface area contributed by atoms with E-state index in [1.54, 1.807) is 25.1 Å². The van der Waals surface area contributed by atoms with Gasteiger partial charge in [-0.2, -0.15) is 8.78 Å². The molecule has 0 saturated carbocycles. The van der Waals surface area contributed by atoms with Crippen molar-refractivity contribution in [2.75, 3.05) is 13.2 Å². The Morgan fingerprint density at radius 3 is 2.36 bits per heavy atom. The van der Waals surface area contributed by atoms with E-state index in [2.05, 4.69) is 10.1 Å². The van der Waals surface area contributed by atoms with Crippen LogP contribution in [0.4, 0.5) is 8.78 Å². The Hall–Kier alpha value is -3.49. The smallest absolute Gasteiger partial charge is 0.387 e. The van der Waals surface area contributed by atoms with Crippen molar-refractivity contribution in [2.24, 2.45) is 0 Å². The molecule has 2 aromatic rings. The average Bonchev–Trinajstić information content (AvgIpc) is 2.68. The summed E-state index contributed by atoms with van der Waals surface area (Å²) in [7, 11) is 0. The van der Waals surface area contributed by atoms with Crippen LogP contribution in [0.1, 0.15) is 27.6 Å². The van der Waals surface area contributed by atoms with Crippen molar-refractivity contribution in [3.63, 3.8) is 0 Å². The summed E-state index contributed by atoms with van der Waals surface area (Å²) >= 11 is 0. The minimum atomic E-state index is -3.05. The molecule has 2 amide bonds. The van der Waals surface area contributed by atoms with Gasteiger partial charge in [0.25, 0.3) is 11.8 Å². The fourth-order valence-electron chi connectivity index (χ4n) is 2.14. The van der Waals surface area contributed by atoms with Gasteiger partial charge in [0.2, 0.25) is 0 Å². The molecule has 0 bridgehead atoms. The van der Waals surface area contributed by atoms with Crippen LogP contribution >= 0.6 is 0 Å². The second kappa shape index (κ2) is 10.0. The molecule has 0 aromatic heterocycles. The van der Waals surface area contributed by atoms with E-state index < -0.39 is 31.0 Å². The van der Waals surface area contributed by atoms with Crippen molar-refractivity contribution in [1.82, 2.24) is 5.32 Å². The van der Waals surface area contributed by atoms with Crippen molar-refractivity contribution in [3.05, 3.63) is 59.7 Å². The maximum Gasteiger partial charge on any atom is 0.387 e. The van der Waals surface area contributed by atoms with Gasteiger partial charge in [0.05, 0.1) is 12.2 Å². The van der Waals surface area contributed by atoms with E-state index in [0.29, 0.717) is 0 Å². The molecule has 0 atom stereocenters. The van der Waals surface area contributed by atoms with E-state index >= 15 is 0 Å². The summed E-state index contributed by atoms with van der Waals surface area (Å²) in [4.78, 5) is 35.7. The lowest BCUT2D eigenvalue weighted by atomic mass is 10.2. The highest BCUT2D eigenvalue weighted by atomic mass is 19.3. The molecule has 0 saturated heterocycles. The summed E-state index contributed by atoms with van der Waals surface area (Å²) in [5, 5.41) is 2.08. The van der Waals surface area contributed by atoms with Gasteiger partial charge in [-0.05, 0) is 37.3 Å². The van der Waals surface area contributed by atoms with Crippen LogP contribution in [0.2, 0.25) is 0 Å². The number of hydrogen-bond donors (Lipinski definition) is 1. The summed E-state index contributed by atoms with van der Waals surface area (Å²) < 4.78 is 39.1. The van der Waals surface area contributed by atoms with E-state index in [1.165, 1.54) is 18.2 Å². The third-order valence-electron chi connectivity index (χ3n) is 3.32. The van der Waals surface area contributed by atoms with Crippen LogP contribution in [-0.4, -0.2) is 37.6 Å². The SMILES string of the molecule is CCOc1cc(C(=O)OCC(=O)NC(=O)c2ccccc2)ccc1OC(F)F. The quantitative estimate of drug-likeness (QED) is 0.694. The number of benzene rings is 2. The highest BCUT2D eigenvalue weighted by Crippen LogP contribution is 2.30. The molecule has 2 rings (SSSR count). The molecule has 0 heterocycles. The number of amides is 2. The number of ether oxygens (including phenoxy) is 3. The summed E-state index contributed by atoms with van der Waals surface area (Å²) in [5.74, 6) is -2.65. The predicted molar refractivity (Wildman–Crippen MR) is 93.4 cm³/mol. The maximum atomic E-state index is 12.4. The van der Waals surface area contributed by atoms with E-state index in [1.807, 2.05) is 0 Å². The predicted octanol–water partition coefficient (Wildman–Crippen LogP) is 2.80. The highest BCUT2D eigenvalue weighted by Gasteiger charge is 2.17. The third-order valence-corrected chi connectivity index (χ3v) is 3.32. The van der Waals surface area contributed by atoms with Crippen molar-refractivity contribution in [1.29, 1.82) is 0 Å². The average molecular weight is 393 g/mol. The van der Waals surface area contributed by atoms with Crippen LogP contribution < -0.4 is 14.8 Å². The summed E-state index contributed by atoms with van der Waals surface area (Å²) in [6.45, 7) is -1.97. The normalized spacial score (nSPS) is 10.3. The molecule has 0 unspecified atom stereocenters. The molecule has 2 aromatic carbocycles. The monoisotopic (exact) mass is 393 g/mol. The molecule has 0 aliphatic heterocycles. The first-order valence-corrected chi connectivity index (χ1v) is 8.18. The zero-order valence-corrected chi connectivity index (χ0v) is 14.8. The highest BCUT2D eigenvalue weighted by molar-refractivity contribution is 6.05. The molecule has 7 nitrogen and oxygen atoms in total. The zero-order chi connectivity index (χ0) is 20.5. The molecule has 0 aliphatic carbocycles. The van der Waals surface area contributed by atoms with E-state index in [9.17, 15) is 23.2 Å². The third kappa shape index (κ3) is 6.04. The number of nitrogens with one attached hydrogen (secondary N) is 1. The minimum Gasteiger partial charge on any atom is -0.490 e.